The molecule has 0 spiro atoms. The van der Waals surface area contributed by atoms with Gasteiger partial charge in [0, 0.05) is 38.4 Å². The Labute approximate surface area is 171 Å². The van der Waals surface area contributed by atoms with Gasteiger partial charge in [0.15, 0.2) is 5.76 Å². The summed E-state index contributed by atoms with van der Waals surface area (Å²) in [4.78, 5) is 17.3. The molecule has 1 saturated heterocycles. The molecule has 29 heavy (non-hydrogen) atoms. The molecule has 2 heterocycles. The van der Waals surface area contributed by atoms with E-state index in [4.69, 9.17) is 4.42 Å². The summed E-state index contributed by atoms with van der Waals surface area (Å²) < 4.78 is 5.81. The number of carbonyl (C=O) groups excluding carboxylic acids is 1. The third-order valence-corrected chi connectivity index (χ3v) is 5.25. The lowest BCUT2D eigenvalue weighted by Crippen LogP contribution is -2.45. The number of piperazine rings is 1. The van der Waals surface area contributed by atoms with Gasteiger partial charge >= 0.3 is 0 Å². The fourth-order valence-electron chi connectivity index (χ4n) is 3.67. The molecule has 0 atom stereocenters. The number of rotatable bonds is 6. The van der Waals surface area contributed by atoms with E-state index in [2.05, 4.69) is 45.4 Å². The van der Waals surface area contributed by atoms with Gasteiger partial charge in [-0.1, -0.05) is 42.5 Å². The zero-order valence-corrected chi connectivity index (χ0v) is 16.8. The molecule has 1 N–H and O–H groups in total. The van der Waals surface area contributed by atoms with Gasteiger partial charge in [-0.25, -0.2) is 0 Å². The molecule has 0 aliphatic carbocycles. The maximum Gasteiger partial charge on any atom is 0.291 e. The normalized spacial score (nSPS) is 15.3. The van der Waals surface area contributed by atoms with Crippen molar-refractivity contribution < 1.29 is 9.21 Å². The maximum absolute atomic E-state index is 12.4. The Morgan fingerprint density at radius 2 is 1.62 bits per heavy atom. The van der Waals surface area contributed by atoms with Crippen molar-refractivity contribution in [3.05, 3.63) is 89.4 Å². The van der Waals surface area contributed by atoms with E-state index in [9.17, 15) is 4.79 Å². The van der Waals surface area contributed by atoms with Crippen molar-refractivity contribution >= 4 is 11.6 Å². The van der Waals surface area contributed by atoms with E-state index in [-0.39, 0.29) is 5.91 Å². The van der Waals surface area contributed by atoms with E-state index >= 15 is 0 Å². The van der Waals surface area contributed by atoms with E-state index in [1.807, 2.05) is 37.3 Å². The molecular weight excluding hydrogens is 362 g/mol. The topological polar surface area (TPSA) is 48.7 Å². The lowest BCUT2D eigenvalue weighted by atomic mass is 10.2. The number of nitrogens with zero attached hydrogens (tertiary/aromatic N) is 2. The highest BCUT2D eigenvalue weighted by atomic mass is 16.4. The Morgan fingerprint density at radius 1 is 0.897 bits per heavy atom. The van der Waals surface area contributed by atoms with Crippen molar-refractivity contribution in [1.29, 1.82) is 0 Å². The first-order valence-corrected chi connectivity index (χ1v) is 10.1. The summed E-state index contributed by atoms with van der Waals surface area (Å²) >= 11 is 0. The average molecular weight is 389 g/mol. The van der Waals surface area contributed by atoms with Crippen molar-refractivity contribution in [3.63, 3.8) is 0 Å². The lowest BCUT2D eigenvalue weighted by molar-refractivity contribution is 0.0983. The predicted octanol–water partition coefficient (Wildman–Crippen LogP) is 4.16. The van der Waals surface area contributed by atoms with Gasteiger partial charge in [0.05, 0.1) is 6.54 Å². The van der Waals surface area contributed by atoms with Crippen molar-refractivity contribution in [3.8, 4) is 0 Å². The average Bonchev–Trinajstić information content (AvgIpc) is 3.19. The van der Waals surface area contributed by atoms with Crippen LogP contribution in [0.4, 0.5) is 5.69 Å². The summed E-state index contributed by atoms with van der Waals surface area (Å²) in [6.45, 7) is 7.80. The molecule has 5 nitrogen and oxygen atoms in total. The summed E-state index contributed by atoms with van der Waals surface area (Å²) in [7, 11) is 0. The van der Waals surface area contributed by atoms with Gasteiger partial charge in [0.2, 0.25) is 0 Å². The number of benzene rings is 2. The number of nitrogens with one attached hydrogen (secondary N) is 1. The minimum absolute atomic E-state index is 0.213. The van der Waals surface area contributed by atoms with Crippen molar-refractivity contribution in [1.82, 2.24) is 9.80 Å². The Balaban J connectivity index is 1.27. The molecule has 0 unspecified atom stereocenters. The van der Waals surface area contributed by atoms with Crippen LogP contribution in [0.5, 0.6) is 0 Å². The van der Waals surface area contributed by atoms with Gasteiger partial charge in [-0.15, -0.1) is 0 Å². The van der Waals surface area contributed by atoms with Gasteiger partial charge in [-0.05, 0) is 42.3 Å². The van der Waals surface area contributed by atoms with Gasteiger partial charge in [0.25, 0.3) is 5.91 Å². The number of furan rings is 1. The Hall–Kier alpha value is -2.89. The van der Waals surface area contributed by atoms with Gasteiger partial charge in [0.1, 0.15) is 5.76 Å². The van der Waals surface area contributed by atoms with Gasteiger partial charge in [-0.2, -0.15) is 0 Å². The lowest BCUT2D eigenvalue weighted by Gasteiger charge is -2.34. The molecule has 4 rings (SSSR count). The summed E-state index contributed by atoms with van der Waals surface area (Å²) in [5, 5.41) is 2.89. The first kappa shape index (κ1) is 19.4. The number of anilines is 1. The summed E-state index contributed by atoms with van der Waals surface area (Å²) in [6, 6.07) is 22.0. The van der Waals surface area contributed by atoms with Crippen LogP contribution < -0.4 is 5.32 Å². The molecule has 2 aromatic carbocycles. The van der Waals surface area contributed by atoms with E-state index in [1.165, 1.54) is 5.56 Å². The second kappa shape index (κ2) is 9.07. The molecule has 150 valence electrons. The third kappa shape index (κ3) is 5.34. The Kier molecular flexibility index (Phi) is 6.08. The second-order valence-electron chi connectivity index (χ2n) is 7.63. The van der Waals surface area contributed by atoms with Crippen LogP contribution in [0.15, 0.2) is 71.1 Å². The highest BCUT2D eigenvalue weighted by Gasteiger charge is 2.19. The minimum Gasteiger partial charge on any atom is -0.455 e. The largest absolute Gasteiger partial charge is 0.455 e. The smallest absolute Gasteiger partial charge is 0.291 e. The third-order valence-electron chi connectivity index (χ3n) is 5.25. The molecule has 0 saturated carbocycles. The van der Waals surface area contributed by atoms with Crippen LogP contribution in [0.25, 0.3) is 0 Å². The van der Waals surface area contributed by atoms with E-state index in [1.54, 1.807) is 6.07 Å². The highest BCUT2D eigenvalue weighted by Crippen LogP contribution is 2.16. The van der Waals surface area contributed by atoms with Crippen LogP contribution in [0.3, 0.4) is 0 Å². The van der Waals surface area contributed by atoms with Crippen LogP contribution in [-0.2, 0) is 13.1 Å². The van der Waals surface area contributed by atoms with Crippen molar-refractivity contribution in [2.24, 2.45) is 0 Å². The number of hydrogen-bond donors (Lipinski definition) is 1. The molecule has 3 aromatic rings. The molecule has 1 fully saturated rings. The van der Waals surface area contributed by atoms with Crippen molar-refractivity contribution in [2.45, 2.75) is 20.0 Å². The SMILES string of the molecule is Cc1cccc(NC(=O)c2ccc(CN3CCN(Cc4ccccc4)CC3)o2)c1. The quantitative estimate of drug-likeness (QED) is 0.688. The van der Waals surface area contributed by atoms with Crippen LogP contribution >= 0.6 is 0 Å². The monoisotopic (exact) mass is 389 g/mol. The first-order valence-electron chi connectivity index (χ1n) is 10.1. The fraction of sp³-hybridized carbons (Fsp3) is 0.292. The fourth-order valence-corrected chi connectivity index (χ4v) is 3.67. The second-order valence-corrected chi connectivity index (χ2v) is 7.63. The molecule has 1 aromatic heterocycles. The van der Waals surface area contributed by atoms with Gasteiger partial charge < -0.3 is 9.73 Å². The number of amides is 1. The number of aryl methyl sites for hydroxylation is 1. The molecule has 0 radical (unpaired) electrons. The summed E-state index contributed by atoms with van der Waals surface area (Å²) in [5.74, 6) is 0.967. The maximum atomic E-state index is 12.4. The highest BCUT2D eigenvalue weighted by molar-refractivity contribution is 6.02. The molecule has 1 aliphatic heterocycles. The molecular formula is C24H27N3O2. The Morgan fingerprint density at radius 3 is 2.34 bits per heavy atom. The van der Waals surface area contributed by atoms with E-state index in [0.29, 0.717) is 5.76 Å². The zero-order valence-electron chi connectivity index (χ0n) is 16.8. The molecule has 5 heteroatoms. The van der Waals surface area contributed by atoms with Gasteiger partial charge in [-0.3, -0.25) is 14.6 Å². The minimum atomic E-state index is -0.213. The summed E-state index contributed by atoms with van der Waals surface area (Å²) in [6.07, 6.45) is 0. The van der Waals surface area contributed by atoms with Crippen LogP contribution in [-0.4, -0.2) is 41.9 Å². The first-order chi connectivity index (χ1) is 14.2. The van der Waals surface area contributed by atoms with Crippen LogP contribution in [0.1, 0.15) is 27.4 Å². The molecule has 0 bridgehead atoms. The molecule has 1 amide bonds. The zero-order chi connectivity index (χ0) is 20.1. The summed E-state index contributed by atoms with van der Waals surface area (Å²) in [5.41, 5.74) is 3.24. The van der Waals surface area contributed by atoms with Crippen LogP contribution in [0, 0.1) is 6.92 Å². The van der Waals surface area contributed by atoms with E-state index < -0.39 is 0 Å². The van der Waals surface area contributed by atoms with Crippen LogP contribution in [0.2, 0.25) is 0 Å². The Bertz CT molecular complexity index is 944. The predicted molar refractivity (Wildman–Crippen MR) is 115 cm³/mol. The number of carbonyl (C=O) groups is 1. The standard InChI is InChI=1S/C24H27N3O2/c1-19-6-5-9-21(16-19)25-24(28)23-11-10-22(29-23)18-27-14-12-26(13-15-27)17-20-7-3-2-4-8-20/h2-11,16H,12-15,17-18H2,1H3,(H,25,28). The van der Waals surface area contributed by atoms with E-state index in [0.717, 1.165) is 56.3 Å². The molecule has 1 aliphatic rings. The number of hydrogen-bond acceptors (Lipinski definition) is 4. The van der Waals surface area contributed by atoms with Crippen molar-refractivity contribution in [2.75, 3.05) is 31.5 Å².